The zero-order valence-electron chi connectivity index (χ0n) is 8.29. The molecular formula is C9H12FN3O2. The number of nitrogens with zero attached hydrogens (tertiary/aromatic N) is 1. The molecule has 3 N–H and O–H groups in total. The minimum Gasteiger partial charge on any atom is -0.378 e. The number of aryl methyl sites for hydroxylation is 1. The molecule has 15 heavy (non-hydrogen) atoms. The Bertz CT molecular complexity index is 382. The fourth-order valence-electron chi connectivity index (χ4n) is 1.17. The standard InChI is InChI=1S/C9H12FN3O2/c1-6-4-8(12-3-2-11)9(13(14)15)5-7(6)10/h4-5,12H,2-3,11H2,1H3. The van der Waals surface area contributed by atoms with Gasteiger partial charge in [-0.1, -0.05) is 0 Å². The number of benzene rings is 1. The van der Waals surface area contributed by atoms with Gasteiger partial charge < -0.3 is 11.1 Å². The van der Waals surface area contributed by atoms with Crippen molar-refractivity contribution in [1.82, 2.24) is 0 Å². The van der Waals surface area contributed by atoms with Crippen molar-refractivity contribution in [3.8, 4) is 0 Å². The highest BCUT2D eigenvalue weighted by Gasteiger charge is 2.16. The van der Waals surface area contributed by atoms with Crippen molar-refractivity contribution in [3.63, 3.8) is 0 Å². The summed E-state index contributed by atoms with van der Waals surface area (Å²) in [6, 6.07) is 2.32. The molecule has 0 fully saturated rings. The van der Waals surface area contributed by atoms with E-state index >= 15 is 0 Å². The molecule has 0 amide bonds. The van der Waals surface area contributed by atoms with Crippen LogP contribution in [0.2, 0.25) is 0 Å². The monoisotopic (exact) mass is 213 g/mol. The maximum Gasteiger partial charge on any atom is 0.295 e. The van der Waals surface area contributed by atoms with Gasteiger partial charge >= 0.3 is 0 Å². The van der Waals surface area contributed by atoms with Gasteiger partial charge in [0.2, 0.25) is 0 Å². The number of nitrogens with two attached hydrogens (primary N) is 1. The van der Waals surface area contributed by atoms with Crippen LogP contribution in [0.4, 0.5) is 15.8 Å². The second-order valence-electron chi connectivity index (χ2n) is 3.09. The number of rotatable bonds is 4. The first-order valence-corrected chi connectivity index (χ1v) is 4.44. The smallest absolute Gasteiger partial charge is 0.295 e. The van der Waals surface area contributed by atoms with Crippen molar-refractivity contribution in [2.45, 2.75) is 6.92 Å². The number of nitro benzene ring substituents is 1. The molecule has 82 valence electrons. The van der Waals surface area contributed by atoms with E-state index < -0.39 is 10.7 Å². The largest absolute Gasteiger partial charge is 0.378 e. The molecule has 0 aliphatic heterocycles. The molecule has 0 bridgehead atoms. The summed E-state index contributed by atoms with van der Waals surface area (Å²) in [6.45, 7) is 2.31. The highest BCUT2D eigenvalue weighted by molar-refractivity contribution is 5.63. The Hall–Kier alpha value is -1.69. The van der Waals surface area contributed by atoms with Crippen LogP contribution in [0.5, 0.6) is 0 Å². The molecule has 0 aliphatic rings. The molecule has 0 spiro atoms. The molecule has 0 heterocycles. The van der Waals surface area contributed by atoms with Gasteiger partial charge in [0.05, 0.1) is 11.0 Å². The summed E-state index contributed by atoms with van der Waals surface area (Å²) in [5.74, 6) is -0.583. The van der Waals surface area contributed by atoms with Crippen LogP contribution in [-0.2, 0) is 0 Å². The second-order valence-corrected chi connectivity index (χ2v) is 3.09. The highest BCUT2D eigenvalue weighted by Crippen LogP contribution is 2.27. The van der Waals surface area contributed by atoms with Crippen LogP contribution in [0.25, 0.3) is 0 Å². The van der Waals surface area contributed by atoms with Crippen molar-refractivity contribution >= 4 is 11.4 Å². The van der Waals surface area contributed by atoms with E-state index in [9.17, 15) is 14.5 Å². The predicted molar refractivity (Wildman–Crippen MR) is 55.3 cm³/mol. The third-order valence-electron chi connectivity index (χ3n) is 1.93. The van der Waals surface area contributed by atoms with Gasteiger partial charge in [-0.2, -0.15) is 0 Å². The summed E-state index contributed by atoms with van der Waals surface area (Å²) < 4.78 is 13.1. The van der Waals surface area contributed by atoms with E-state index in [-0.39, 0.29) is 5.69 Å². The molecule has 6 heteroatoms. The van der Waals surface area contributed by atoms with Crippen LogP contribution < -0.4 is 11.1 Å². The molecule has 0 saturated heterocycles. The SMILES string of the molecule is Cc1cc(NCCN)c([N+](=O)[O-])cc1F. The van der Waals surface area contributed by atoms with Gasteiger partial charge in [-0.25, -0.2) is 4.39 Å². The van der Waals surface area contributed by atoms with E-state index in [0.717, 1.165) is 6.07 Å². The fraction of sp³-hybridized carbons (Fsp3) is 0.333. The Morgan fingerprint density at radius 3 is 2.80 bits per heavy atom. The predicted octanol–water partition coefficient (Wildman–Crippen LogP) is 1.41. The third-order valence-corrected chi connectivity index (χ3v) is 1.93. The summed E-state index contributed by atoms with van der Waals surface area (Å²) in [7, 11) is 0. The van der Waals surface area contributed by atoms with Crippen molar-refractivity contribution < 1.29 is 9.31 Å². The average Bonchev–Trinajstić information content (AvgIpc) is 2.19. The van der Waals surface area contributed by atoms with Crippen molar-refractivity contribution in [2.75, 3.05) is 18.4 Å². The summed E-state index contributed by atoms with van der Waals surface area (Å²) >= 11 is 0. The lowest BCUT2D eigenvalue weighted by Crippen LogP contribution is -2.14. The van der Waals surface area contributed by atoms with Crippen molar-refractivity contribution in [3.05, 3.63) is 33.6 Å². The third kappa shape index (κ3) is 2.63. The Labute approximate surface area is 86.2 Å². The number of hydrogen-bond acceptors (Lipinski definition) is 4. The molecule has 1 rings (SSSR count). The topological polar surface area (TPSA) is 81.2 Å². The van der Waals surface area contributed by atoms with Crippen LogP contribution in [0.3, 0.4) is 0 Å². The van der Waals surface area contributed by atoms with Gasteiger partial charge in [0.15, 0.2) is 0 Å². The van der Waals surface area contributed by atoms with Gasteiger partial charge in [0.1, 0.15) is 11.5 Å². The maximum absolute atomic E-state index is 13.1. The van der Waals surface area contributed by atoms with Gasteiger partial charge in [0.25, 0.3) is 5.69 Å². The fourth-order valence-corrected chi connectivity index (χ4v) is 1.17. The first-order valence-electron chi connectivity index (χ1n) is 4.44. The summed E-state index contributed by atoms with van der Waals surface area (Å²) in [4.78, 5) is 9.99. The lowest BCUT2D eigenvalue weighted by molar-refractivity contribution is -0.384. The lowest BCUT2D eigenvalue weighted by Gasteiger charge is -2.07. The minimum atomic E-state index is -0.624. The molecular weight excluding hydrogens is 201 g/mol. The van der Waals surface area contributed by atoms with E-state index in [2.05, 4.69) is 5.32 Å². The molecule has 0 aliphatic carbocycles. The molecule has 0 unspecified atom stereocenters. The zero-order chi connectivity index (χ0) is 11.4. The summed E-state index contributed by atoms with van der Waals surface area (Å²) in [5.41, 5.74) is 5.65. The van der Waals surface area contributed by atoms with E-state index in [0.29, 0.717) is 24.3 Å². The van der Waals surface area contributed by atoms with Gasteiger partial charge in [-0.3, -0.25) is 10.1 Å². The van der Waals surface area contributed by atoms with Gasteiger partial charge in [-0.05, 0) is 18.6 Å². The molecule has 5 nitrogen and oxygen atoms in total. The molecule has 1 aromatic carbocycles. The van der Waals surface area contributed by atoms with Crippen molar-refractivity contribution in [1.29, 1.82) is 0 Å². The number of halogens is 1. The van der Waals surface area contributed by atoms with Crippen LogP contribution in [-0.4, -0.2) is 18.0 Å². The van der Waals surface area contributed by atoms with Gasteiger partial charge in [-0.15, -0.1) is 0 Å². The van der Waals surface area contributed by atoms with E-state index in [1.807, 2.05) is 0 Å². The van der Waals surface area contributed by atoms with E-state index in [1.165, 1.54) is 6.07 Å². The van der Waals surface area contributed by atoms with E-state index in [1.54, 1.807) is 6.92 Å². The first kappa shape index (κ1) is 11.4. The van der Waals surface area contributed by atoms with Crippen molar-refractivity contribution in [2.24, 2.45) is 5.73 Å². The number of anilines is 1. The summed E-state index contributed by atoms with van der Waals surface area (Å²) in [5, 5.41) is 13.4. The quantitative estimate of drug-likeness (QED) is 0.585. The molecule has 0 aromatic heterocycles. The molecule has 0 radical (unpaired) electrons. The van der Waals surface area contributed by atoms with Crippen LogP contribution in [0.1, 0.15) is 5.56 Å². The van der Waals surface area contributed by atoms with E-state index in [4.69, 9.17) is 5.73 Å². The van der Waals surface area contributed by atoms with Crippen LogP contribution in [0, 0.1) is 22.9 Å². The van der Waals surface area contributed by atoms with Crippen LogP contribution in [0.15, 0.2) is 12.1 Å². The Morgan fingerprint density at radius 1 is 1.60 bits per heavy atom. The average molecular weight is 213 g/mol. The van der Waals surface area contributed by atoms with Crippen LogP contribution >= 0.6 is 0 Å². The second kappa shape index (κ2) is 4.70. The zero-order valence-corrected chi connectivity index (χ0v) is 8.29. The summed E-state index contributed by atoms with van der Waals surface area (Å²) in [6.07, 6.45) is 0. The molecule has 1 aromatic rings. The highest BCUT2D eigenvalue weighted by atomic mass is 19.1. The first-order chi connectivity index (χ1) is 7.06. The number of nitro groups is 1. The minimum absolute atomic E-state index is 0.272. The molecule has 0 saturated carbocycles. The van der Waals surface area contributed by atoms with Gasteiger partial charge in [0, 0.05) is 13.1 Å². The maximum atomic E-state index is 13.1. The Morgan fingerprint density at radius 2 is 2.27 bits per heavy atom. The Balaban J connectivity index is 3.10. The Kier molecular flexibility index (Phi) is 3.56. The molecule has 0 atom stereocenters. The lowest BCUT2D eigenvalue weighted by atomic mass is 10.2. The number of nitrogens with one attached hydrogen (secondary N) is 1. The normalized spacial score (nSPS) is 10.1. The number of hydrogen-bond donors (Lipinski definition) is 2.